The number of nitrogens with one attached hydrogen (secondary N) is 1. The molecule has 0 saturated carbocycles. The van der Waals surface area contributed by atoms with Crippen LogP contribution in [0.5, 0.6) is 0 Å². The summed E-state index contributed by atoms with van der Waals surface area (Å²) >= 11 is 0. The SMILES string of the molecule is Cc1cc(N2CCN(C(=O)c3cnc(NCc4ccccc4)c(C(C)C)n3)C(C)(C)C2)nc(C)c1C(=O)O. The van der Waals surface area contributed by atoms with Crippen molar-refractivity contribution < 1.29 is 14.7 Å². The summed E-state index contributed by atoms with van der Waals surface area (Å²) in [6, 6.07) is 11.9. The van der Waals surface area contributed by atoms with Crippen molar-refractivity contribution in [2.24, 2.45) is 0 Å². The van der Waals surface area contributed by atoms with Gasteiger partial charge in [-0.25, -0.2) is 19.7 Å². The van der Waals surface area contributed by atoms with Crippen molar-refractivity contribution >= 4 is 23.5 Å². The molecule has 200 valence electrons. The average Bonchev–Trinajstić information content (AvgIpc) is 2.86. The predicted molar refractivity (Wildman–Crippen MR) is 148 cm³/mol. The Morgan fingerprint density at radius 1 is 1.11 bits per heavy atom. The van der Waals surface area contributed by atoms with E-state index >= 15 is 0 Å². The Balaban J connectivity index is 1.52. The van der Waals surface area contributed by atoms with Gasteiger partial charge < -0.3 is 20.2 Å². The highest BCUT2D eigenvalue weighted by Crippen LogP contribution is 2.29. The zero-order valence-corrected chi connectivity index (χ0v) is 22.9. The van der Waals surface area contributed by atoms with Gasteiger partial charge in [0.2, 0.25) is 0 Å². The molecule has 2 N–H and O–H groups in total. The van der Waals surface area contributed by atoms with Crippen molar-refractivity contribution in [3.05, 3.63) is 76.4 Å². The third-order valence-electron chi connectivity index (χ3n) is 6.94. The molecule has 38 heavy (non-hydrogen) atoms. The first kappa shape index (κ1) is 27.0. The summed E-state index contributed by atoms with van der Waals surface area (Å²) in [5.74, 6) is 0.370. The van der Waals surface area contributed by atoms with E-state index in [0.29, 0.717) is 48.9 Å². The topological polar surface area (TPSA) is 112 Å². The van der Waals surface area contributed by atoms with Gasteiger partial charge in [-0.1, -0.05) is 44.2 Å². The van der Waals surface area contributed by atoms with Crippen molar-refractivity contribution in [1.29, 1.82) is 0 Å². The van der Waals surface area contributed by atoms with E-state index in [4.69, 9.17) is 4.98 Å². The smallest absolute Gasteiger partial charge is 0.337 e. The lowest BCUT2D eigenvalue weighted by molar-refractivity contribution is 0.0506. The van der Waals surface area contributed by atoms with Crippen LogP contribution in [-0.4, -0.2) is 62.0 Å². The molecule has 4 rings (SSSR count). The second kappa shape index (κ2) is 10.8. The summed E-state index contributed by atoms with van der Waals surface area (Å²) in [5.41, 5.74) is 3.13. The number of amides is 1. The van der Waals surface area contributed by atoms with E-state index in [1.807, 2.05) is 69.0 Å². The average molecular weight is 517 g/mol. The van der Waals surface area contributed by atoms with Crippen LogP contribution in [0, 0.1) is 13.8 Å². The predicted octanol–water partition coefficient (Wildman–Crippen LogP) is 4.66. The van der Waals surface area contributed by atoms with E-state index in [-0.39, 0.29) is 17.4 Å². The minimum atomic E-state index is -0.974. The second-order valence-corrected chi connectivity index (χ2v) is 10.7. The number of aromatic nitrogens is 3. The van der Waals surface area contributed by atoms with Gasteiger partial charge in [-0.2, -0.15) is 0 Å². The fourth-order valence-electron chi connectivity index (χ4n) is 4.99. The summed E-state index contributed by atoms with van der Waals surface area (Å²) < 4.78 is 0. The number of piperazine rings is 1. The summed E-state index contributed by atoms with van der Waals surface area (Å²) in [6.07, 6.45) is 1.56. The van der Waals surface area contributed by atoms with E-state index in [1.54, 1.807) is 20.0 Å². The number of nitrogens with zero attached hydrogens (tertiary/aromatic N) is 5. The third-order valence-corrected chi connectivity index (χ3v) is 6.94. The zero-order valence-electron chi connectivity index (χ0n) is 22.9. The van der Waals surface area contributed by atoms with Crippen LogP contribution in [-0.2, 0) is 6.54 Å². The maximum atomic E-state index is 13.7. The van der Waals surface area contributed by atoms with Gasteiger partial charge >= 0.3 is 5.97 Å². The van der Waals surface area contributed by atoms with Crippen LogP contribution in [0.25, 0.3) is 0 Å². The van der Waals surface area contributed by atoms with Gasteiger partial charge in [0.05, 0.1) is 28.7 Å². The molecule has 3 aromatic rings. The Hall–Kier alpha value is -4.01. The molecule has 0 radical (unpaired) electrons. The molecule has 0 bridgehead atoms. The third kappa shape index (κ3) is 5.61. The first-order chi connectivity index (χ1) is 18.0. The molecule has 1 aliphatic rings. The minimum Gasteiger partial charge on any atom is -0.478 e. The molecule has 0 aliphatic carbocycles. The van der Waals surface area contributed by atoms with Crippen LogP contribution in [0.1, 0.15) is 77.0 Å². The molecule has 9 heteroatoms. The maximum absolute atomic E-state index is 13.7. The van der Waals surface area contributed by atoms with Gasteiger partial charge in [-0.3, -0.25) is 4.79 Å². The number of carboxylic acid groups (broad SMARTS) is 1. The standard InChI is InChI=1S/C29H36N6O3/c1-18(2)25-26(30-15-21-10-8-7-9-11-21)31-16-22(33-25)27(36)35-13-12-34(17-29(35,5)6)23-14-19(3)24(28(37)38)20(4)32-23/h7-11,14,16,18H,12-13,15,17H2,1-6H3,(H,30,31)(H,37,38). The summed E-state index contributed by atoms with van der Waals surface area (Å²) in [4.78, 5) is 43.1. The van der Waals surface area contributed by atoms with Gasteiger partial charge in [0.1, 0.15) is 17.3 Å². The lowest BCUT2D eigenvalue weighted by atomic mass is 9.97. The van der Waals surface area contributed by atoms with Crippen LogP contribution in [0.2, 0.25) is 0 Å². The number of aryl methyl sites for hydroxylation is 2. The molecule has 3 heterocycles. The normalized spacial score (nSPS) is 15.0. The molecule has 1 amide bonds. The highest BCUT2D eigenvalue weighted by Gasteiger charge is 2.38. The largest absolute Gasteiger partial charge is 0.478 e. The monoisotopic (exact) mass is 516 g/mol. The van der Waals surface area contributed by atoms with Crippen LogP contribution < -0.4 is 10.2 Å². The second-order valence-electron chi connectivity index (χ2n) is 10.7. The molecular weight excluding hydrogens is 480 g/mol. The van der Waals surface area contributed by atoms with E-state index < -0.39 is 11.5 Å². The van der Waals surface area contributed by atoms with E-state index in [1.165, 1.54) is 0 Å². The lowest BCUT2D eigenvalue weighted by Gasteiger charge is -2.47. The van der Waals surface area contributed by atoms with Gasteiger partial charge in [0.25, 0.3) is 5.91 Å². The fourth-order valence-corrected chi connectivity index (χ4v) is 4.99. The molecule has 2 aromatic heterocycles. The molecule has 0 spiro atoms. The first-order valence-corrected chi connectivity index (χ1v) is 12.9. The van der Waals surface area contributed by atoms with Crippen molar-refractivity contribution in [3.63, 3.8) is 0 Å². The van der Waals surface area contributed by atoms with Gasteiger partial charge in [0.15, 0.2) is 0 Å². The Labute approximate surface area is 223 Å². The number of carboxylic acids is 1. The van der Waals surface area contributed by atoms with E-state index in [2.05, 4.69) is 20.2 Å². The number of pyridine rings is 1. The number of anilines is 2. The zero-order chi connectivity index (χ0) is 27.6. The molecule has 1 saturated heterocycles. The van der Waals surface area contributed by atoms with Gasteiger partial charge in [-0.05, 0) is 50.8 Å². The van der Waals surface area contributed by atoms with Gasteiger partial charge in [0, 0.05) is 26.2 Å². The van der Waals surface area contributed by atoms with Crippen LogP contribution >= 0.6 is 0 Å². The molecule has 0 unspecified atom stereocenters. The van der Waals surface area contributed by atoms with Crippen molar-refractivity contribution in [3.8, 4) is 0 Å². The first-order valence-electron chi connectivity index (χ1n) is 12.9. The molecular formula is C29H36N6O3. The number of hydrogen-bond acceptors (Lipinski definition) is 7. The van der Waals surface area contributed by atoms with Crippen LogP contribution in [0.4, 0.5) is 11.6 Å². The van der Waals surface area contributed by atoms with E-state index in [0.717, 1.165) is 17.1 Å². The maximum Gasteiger partial charge on any atom is 0.337 e. The van der Waals surface area contributed by atoms with Gasteiger partial charge in [-0.15, -0.1) is 0 Å². The number of aromatic carboxylic acids is 1. The number of carbonyl (C=O) groups excluding carboxylic acids is 1. The lowest BCUT2D eigenvalue weighted by Crippen LogP contribution is -2.61. The summed E-state index contributed by atoms with van der Waals surface area (Å²) in [7, 11) is 0. The van der Waals surface area contributed by atoms with Crippen molar-refractivity contribution in [1.82, 2.24) is 19.9 Å². The Morgan fingerprint density at radius 2 is 1.82 bits per heavy atom. The van der Waals surface area contributed by atoms with Crippen molar-refractivity contribution in [2.45, 2.75) is 59.5 Å². The van der Waals surface area contributed by atoms with Crippen LogP contribution in [0.15, 0.2) is 42.6 Å². The molecule has 0 atom stereocenters. The molecule has 1 fully saturated rings. The quantitative estimate of drug-likeness (QED) is 0.466. The van der Waals surface area contributed by atoms with Crippen molar-refractivity contribution in [2.75, 3.05) is 29.9 Å². The molecule has 1 aromatic carbocycles. The number of benzene rings is 1. The Kier molecular flexibility index (Phi) is 7.66. The molecule has 9 nitrogen and oxygen atoms in total. The molecule has 1 aliphatic heterocycles. The van der Waals surface area contributed by atoms with E-state index in [9.17, 15) is 14.7 Å². The minimum absolute atomic E-state index is 0.0877. The highest BCUT2D eigenvalue weighted by molar-refractivity contribution is 5.93. The number of rotatable bonds is 7. The van der Waals surface area contributed by atoms with Crippen LogP contribution in [0.3, 0.4) is 0 Å². The number of hydrogen-bond donors (Lipinski definition) is 2. The Morgan fingerprint density at radius 3 is 2.42 bits per heavy atom. The number of carbonyl (C=O) groups is 2. The summed E-state index contributed by atoms with van der Waals surface area (Å²) in [6.45, 7) is 13.9. The Bertz CT molecular complexity index is 1320. The summed E-state index contributed by atoms with van der Waals surface area (Å²) in [5, 5.41) is 12.8. The highest BCUT2D eigenvalue weighted by atomic mass is 16.4. The fraction of sp³-hybridized carbons (Fsp3) is 0.414.